The summed E-state index contributed by atoms with van der Waals surface area (Å²) in [6.07, 6.45) is 0. The molecule has 0 aliphatic carbocycles. The second kappa shape index (κ2) is 6.02. The van der Waals surface area contributed by atoms with Gasteiger partial charge in [0.2, 0.25) is 11.7 Å². The summed E-state index contributed by atoms with van der Waals surface area (Å²) >= 11 is 5.74. The Morgan fingerprint density at radius 3 is 2.26 bits per heavy atom. The molecule has 1 aromatic heterocycles. The molecule has 0 aliphatic rings. The van der Waals surface area contributed by atoms with E-state index in [0.717, 1.165) is 0 Å². The van der Waals surface area contributed by atoms with Crippen LogP contribution in [0, 0.1) is 6.92 Å². The van der Waals surface area contributed by atoms with Gasteiger partial charge in [-0.25, -0.2) is 0 Å². The molecular weight excluding hydrogens is 340 g/mol. The molecule has 0 spiro atoms. The van der Waals surface area contributed by atoms with E-state index >= 15 is 0 Å². The zero-order chi connectivity index (χ0) is 16.4. The molecule has 0 bridgehead atoms. The Balaban J connectivity index is 1.81. The van der Waals surface area contributed by atoms with E-state index in [0.29, 0.717) is 22.3 Å². The van der Waals surface area contributed by atoms with Gasteiger partial charge in [-0.3, -0.25) is 0 Å². The highest BCUT2D eigenvalue weighted by molar-refractivity contribution is 7.87. The van der Waals surface area contributed by atoms with Crippen molar-refractivity contribution >= 4 is 21.7 Å². The Morgan fingerprint density at radius 2 is 1.70 bits per heavy atom. The highest BCUT2D eigenvalue weighted by atomic mass is 35.5. The highest BCUT2D eigenvalue weighted by Gasteiger charge is 2.16. The van der Waals surface area contributed by atoms with E-state index in [-0.39, 0.29) is 10.6 Å². The average molecular weight is 351 g/mol. The fourth-order valence-corrected chi connectivity index (χ4v) is 2.91. The van der Waals surface area contributed by atoms with E-state index in [1.807, 2.05) is 0 Å². The van der Waals surface area contributed by atoms with Gasteiger partial charge in [0.1, 0.15) is 10.6 Å². The molecule has 6 nitrogen and oxygen atoms in total. The van der Waals surface area contributed by atoms with Gasteiger partial charge in [-0.05, 0) is 48.5 Å². The van der Waals surface area contributed by atoms with Gasteiger partial charge in [-0.1, -0.05) is 16.8 Å². The van der Waals surface area contributed by atoms with E-state index in [1.165, 1.54) is 36.4 Å². The van der Waals surface area contributed by atoms with Crippen LogP contribution in [0.3, 0.4) is 0 Å². The summed E-state index contributed by atoms with van der Waals surface area (Å²) in [7, 11) is -3.91. The van der Waals surface area contributed by atoms with E-state index in [1.54, 1.807) is 19.1 Å². The molecule has 2 aromatic carbocycles. The van der Waals surface area contributed by atoms with Crippen LogP contribution in [-0.4, -0.2) is 18.6 Å². The molecule has 0 amide bonds. The molecule has 0 unspecified atom stereocenters. The summed E-state index contributed by atoms with van der Waals surface area (Å²) in [5, 5.41) is 4.24. The van der Waals surface area contributed by atoms with Crippen LogP contribution >= 0.6 is 11.6 Å². The van der Waals surface area contributed by atoms with Gasteiger partial charge in [-0.2, -0.15) is 13.4 Å². The van der Waals surface area contributed by atoms with E-state index in [2.05, 4.69) is 10.1 Å². The average Bonchev–Trinajstić information content (AvgIpc) is 2.95. The highest BCUT2D eigenvalue weighted by Crippen LogP contribution is 2.23. The maximum Gasteiger partial charge on any atom is 0.339 e. The van der Waals surface area contributed by atoms with Crippen LogP contribution in [0.15, 0.2) is 57.9 Å². The predicted octanol–water partition coefficient (Wildman–Crippen LogP) is 3.47. The summed E-state index contributed by atoms with van der Waals surface area (Å²) in [6.45, 7) is 1.69. The summed E-state index contributed by atoms with van der Waals surface area (Å²) in [5.74, 6) is 1.06. The van der Waals surface area contributed by atoms with Crippen molar-refractivity contribution in [2.24, 2.45) is 0 Å². The maximum absolute atomic E-state index is 12.2. The van der Waals surface area contributed by atoms with Crippen LogP contribution < -0.4 is 4.18 Å². The summed E-state index contributed by atoms with van der Waals surface area (Å²) in [4.78, 5) is 4.12. The summed E-state index contributed by atoms with van der Waals surface area (Å²) < 4.78 is 34.3. The monoisotopic (exact) mass is 350 g/mol. The fraction of sp³-hybridized carbons (Fsp3) is 0.0667. The van der Waals surface area contributed by atoms with Crippen LogP contribution in [-0.2, 0) is 10.1 Å². The third-order valence-electron chi connectivity index (χ3n) is 2.95. The topological polar surface area (TPSA) is 82.3 Å². The molecule has 0 atom stereocenters. The van der Waals surface area contributed by atoms with Gasteiger partial charge >= 0.3 is 10.1 Å². The molecule has 0 aliphatic heterocycles. The molecule has 0 saturated carbocycles. The van der Waals surface area contributed by atoms with E-state index in [4.69, 9.17) is 20.3 Å². The third kappa shape index (κ3) is 3.52. The van der Waals surface area contributed by atoms with Gasteiger partial charge < -0.3 is 8.71 Å². The van der Waals surface area contributed by atoms with Crippen LogP contribution in [0.25, 0.3) is 11.4 Å². The lowest BCUT2D eigenvalue weighted by Gasteiger charge is -2.07. The second-order valence-corrected chi connectivity index (χ2v) is 6.64. The number of hydrogen-bond acceptors (Lipinski definition) is 6. The summed E-state index contributed by atoms with van der Waals surface area (Å²) in [5.41, 5.74) is 0.693. The van der Waals surface area contributed by atoms with E-state index in [9.17, 15) is 8.42 Å². The minimum Gasteiger partial charge on any atom is -0.379 e. The number of aryl methyl sites for hydroxylation is 1. The maximum atomic E-state index is 12.2. The fourth-order valence-electron chi connectivity index (χ4n) is 1.85. The van der Waals surface area contributed by atoms with Crippen molar-refractivity contribution in [2.75, 3.05) is 0 Å². The van der Waals surface area contributed by atoms with Crippen molar-refractivity contribution in [3.63, 3.8) is 0 Å². The molecule has 3 aromatic rings. The Labute approximate surface area is 137 Å². The first kappa shape index (κ1) is 15.5. The lowest BCUT2D eigenvalue weighted by Crippen LogP contribution is -2.09. The predicted molar refractivity (Wildman–Crippen MR) is 83.7 cm³/mol. The minimum atomic E-state index is -3.91. The molecule has 0 saturated heterocycles. The lowest BCUT2D eigenvalue weighted by atomic mass is 10.2. The smallest absolute Gasteiger partial charge is 0.339 e. The first-order valence-corrected chi connectivity index (χ1v) is 8.33. The molecule has 3 rings (SSSR count). The van der Waals surface area contributed by atoms with Gasteiger partial charge in [0.05, 0.1) is 0 Å². The van der Waals surface area contributed by atoms with Crippen molar-refractivity contribution in [3.05, 3.63) is 59.4 Å². The molecule has 8 heteroatoms. The standard InChI is InChI=1S/C15H11ClN2O4S/c1-10-17-15(18-21-10)11-2-6-13(7-3-11)22-23(19,20)14-8-4-12(16)5-9-14/h2-9H,1H3. The van der Waals surface area contributed by atoms with Gasteiger partial charge in [0, 0.05) is 17.5 Å². The second-order valence-electron chi connectivity index (χ2n) is 4.65. The van der Waals surface area contributed by atoms with Crippen LogP contribution in [0.5, 0.6) is 5.75 Å². The van der Waals surface area contributed by atoms with Crippen LogP contribution in [0.2, 0.25) is 5.02 Å². The van der Waals surface area contributed by atoms with Crippen molar-refractivity contribution in [1.29, 1.82) is 0 Å². The Hall–Kier alpha value is -2.38. The van der Waals surface area contributed by atoms with Crippen LogP contribution in [0.1, 0.15) is 5.89 Å². The van der Waals surface area contributed by atoms with Gasteiger partial charge in [0.15, 0.2) is 0 Å². The first-order chi connectivity index (χ1) is 10.9. The SMILES string of the molecule is Cc1nc(-c2ccc(OS(=O)(=O)c3ccc(Cl)cc3)cc2)no1. The quantitative estimate of drug-likeness (QED) is 0.670. The number of hydrogen-bond donors (Lipinski definition) is 0. The molecule has 0 N–H and O–H groups in total. The Kier molecular flexibility index (Phi) is 4.06. The lowest BCUT2D eigenvalue weighted by molar-refractivity contribution is 0.394. The number of nitrogens with zero attached hydrogens (tertiary/aromatic N) is 2. The van der Waals surface area contributed by atoms with Gasteiger partial charge in [0.25, 0.3) is 0 Å². The third-order valence-corrected chi connectivity index (χ3v) is 4.46. The normalized spacial score (nSPS) is 11.4. The molecular formula is C15H11ClN2O4S. The van der Waals surface area contributed by atoms with Crippen molar-refractivity contribution in [2.45, 2.75) is 11.8 Å². The van der Waals surface area contributed by atoms with E-state index < -0.39 is 10.1 Å². The van der Waals surface area contributed by atoms with Crippen LogP contribution in [0.4, 0.5) is 0 Å². The molecule has 23 heavy (non-hydrogen) atoms. The van der Waals surface area contributed by atoms with Crippen molar-refractivity contribution in [1.82, 2.24) is 10.1 Å². The van der Waals surface area contributed by atoms with Gasteiger partial charge in [-0.15, -0.1) is 0 Å². The minimum absolute atomic E-state index is 0.0276. The first-order valence-electron chi connectivity index (χ1n) is 6.55. The molecule has 0 fully saturated rings. The largest absolute Gasteiger partial charge is 0.379 e. The number of rotatable bonds is 4. The Morgan fingerprint density at radius 1 is 1.04 bits per heavy atom. The zero-order valence-electron chi connectivity index (χ0n) is 11.9. The molecule has 118 valence electrons. The number of aromatic nitrogens is 2. The number of benzene rings is 2. The molecule has 1 heterocycles. The summed E-state index contributed by atoms with van der Waals surface area (Å²) in [6, 6.07) is 12.1. The molecule has 0 radical (unpaired) electrons. The Bertz CT molecular complexity index is 919. The zero-order valence-corrected chi connectivity index (χ0v) is 13.5. The van der Waals surface area contributed by atoms with Crippen molar-refractivity contribution < 1.29 is 17.1 Å². The van der Waals surface area contributed by atoms with Crippen molar-refractivity contribution in [3.8, 4) is 17.1 Å². The number of halogens is 1.